The normalized spacial score (nSPS) is 10.9. The first kappa shape index (κ1) is 18.4. The van der Waals surface area contributed by atoms with Gasteiger partial charge in [0.05, 0.1) is 20.8 Å². The van der Waals surface area contributed by atoms with E-state index in [4.69, 9.17) is 14.2 Å². The summed E-state index contributed by atoms with van der Waals surface area (Å²) in [4.78, 5) is 8.27. The van der Waals surface area contributed by atoms with Crippen molar-refractivity contribution < 1.29 is 14.2 Å². The zero-order valence-corrected chi connectivity index (χ0v) is 14.8. The summed E-state index contributed by atoms with van der Waals surface area (Å²) < 4.78 is 15.9. The van der Waals surface area contributed by atoms with Crippen LogP contribution in [0, 0.1) is 0 Å². The fourth-order valence-corrected chi connectivity index (χ4v) is 2.09. The number of aliphatic imine (C=N–C) groups is 1. The molecule has 2 rings (SSSR count). The van der Waals surface area contributed by atoms with Gasteiger partial charge in [-0.25, -0.2) is 4.98 Å². The quantitative estimate of drug-likeness (QED) is 0.432. The van der Waals surface area contributed by atoms with Gasteiger partial charge in [-0.15, -0.1) is 0 Å². The molecule has 0 aliphatic rings. The fourth-order valence-electron chi connectivity index (χ4n) is 2.09. The van der Waals surface area contributed by atoms with E-state index >= 15 is 0 Å². The van der Waals surface area contributed by atoms with E-state index in [0.717, 1.165) is 17.1 Å². The average molecular weight is 344 g/mol. The zero-order valence-electron chi connectivity index (χ0n) is 14.8. The highest BCUT2D eigenvalue weighted by molar-refractivity contribution is 5.79. The molecular formula is C18H24N4O3. The maximum atomic E-state index is 5.67. The molecule has 0 unspecified atom stereocenters. The molecule has 0 aliphatic carbocycles. The highest BCUT2D eigenvalue weighted by Gasteiger charge is 2.01. The van der Waals surface area contributed by atoms with Crippen LogP contribution in [0.4, 0.5) is 0 Å². The molecule has 0 spiro atoms. The first-order valence-corrected chi connectivity index (χ1v) is 7.95. The maximum Gasteiger partial charge on any atom is 0.213 e. The Morgan fingerprint density at radius 2 is 1.80 bits per heavy atom. The number of aromatic nitrogens is 1. The van der Waals surface area contributed by atoms with Gasteiger partial charge in [0.15, 0.2) is 5.96 Å². The van der Waals surface area contributed by atoms with E-state index in [0.29, 0.717) is 31.5 Å². The summed E-state index contributed by atoms with van der Waals surface area (Å²) >= 11 is 0. The number of rotatable bonds is 8. The summed E-state index contributed by atoms with van der Waals surface area (Å²) in [6.07, 6.45) is 1.72. The van der Waals surface area contributed by atoms with E-state index in [1.165, 1.54) is 0 Å². The lowest BCUT2D eigenvalue weighted by Crippen LogP contribution is -2.38. The van der Waals surface area contributed by atoms with Crippen LogP contribution >= 0.6 is 0 Å². The Morgan fingerprint density at radius 3 is 2.48 bits per heavy atom. The lowest BCUT2D eigenvalue weighted by atomic mass is 10.2. The van der Waals surface area contributed by atoms with E-state index in [9.17, 15) is 0 Å². The van der Waals surface area contributed by atoms with Crippen LogP contribution < -0.4 is 24.8 Å². The van der Waals surface area contributed by atoms with Crippen LogP contribution in [0.1, 0.15) is 5.56 Å². The Balaban J connectivity index is 1.70. The number of hydrogen-bond acceptors (Lipinski definition) is 5. The minimum absolute atomic E-state index is 0.524. The summed E-state index contributed by atoms with van der Waals surface area (Å²) in [7, 11) is 4.97. The lowest BCUT2D eigenvalue weighted by molar-refractivity contribution is 0.321. The highest BCUT2D eigenvalue weighted by Crippen LogP contribution is 2.16. The van der Waals surface area contributed by atoms with Crippen molar-refractivity contribution in [3.05, 3.63) is 48.2 Å². The fraction of sp³-hybridized carbons (Fsp3) is 0.333. The number of benzene rings is 1. The van der Waals surface area contributed by atoms with Crippen LogP contribution in [0.25, 0.3) is 0 Å². The van der Waals surface area contributed by atoms with E-state index in [-0.39, 0.29) is 0 Å². The SMILES string of the molecule is CN=C(NCCOc1ccc(OC)cc1)NCc1ccnc(OC)c1. The first-order valence-electron chi connectivity index (χ1n) is 7.95. The molecule has 1 aromatic carbocycles. The Kier molecular flexibility index (Phi) is 7.37. The molecule has 0 saturated carbocycles. The second-order valence-electron chi connectivity index (χ2n) is 5.08. The van der Waals surface area contributed by atoms with Crippen molar-refractivity contribution >= 4 is 5.96 Å². The molecule has 0 bridgehead atoms. The molecule has 7 heteroatoms. The monoisotopic (exact) mass is 344 g/mol. The van der Waals surface area contributed by atoms with Crippen molar-refractivity contribution in [1.29, 1.82) is 0 Å². The molecule has 0 fully saturated rings. The van der Waals surface area contributed by atoms with Crippen molar-refractivity contribution in [1.82, 2.24) is 15.6 Å². The first-order chi connectivity index (χ1) is 12.2. The predicted molar refractivity (Wildman–Crippen MR) is 97.5 cm³/mol. The van der Waals surface area contributed by atoms with Crippen LogP contribution in [0.5, 0.6) is 17.4 Å². The van der Waals surface area contributed by atoms with Gasteiger partial charge in [0.2, 0.25) is 5.88 Å². The largest absolute Gasteiger partial charge is 0.497 e. The number of nitrogens with one attached hydrogen (secondary N) is 2. The van der Waals surface area contributed by atoms with Crippen molar-refractivity contribution in [3.63, 3.8) is 0 Å². The van der Waals surface area contributed by atoms with Gasteiger partial charge in [0.25, 0.3) is 0 Å². The van der Waals surface area contributed by atoms with Crippen LogP contribution in [0.15, 0.2) is 47.6 Å². The molecule has 0 atom stereocenters. The number of ether oxygens (including phenoxy) is 3. The van der Waals surface area contributed by atoms with Gasteiger partial charge in [-0.05, 0) is 35.9 Å². The molecular weight excluding hydrogens is 320 g/mol. The summed E-state index contributed by atoms with van der Waals surface area (Å²) in [5, 5.41) is 6.44. The molecule has 134 valence electrons. The maximum absolute atomic E-state index is 5.67. The summed E-state index contributed by atoms with van der Waals surface area (Å²) in [5.41, 5.74) is 1.06. The van der Waals surface area contributed by atoms with Crippen LogP contribution in [-0.4, -0.2) is 45.4 Å². The summed E-state index contributed by atoms with van der Waals surface area (Å²) in [5.74, 6) is 2.90. The van der Waals surface area contributed by atoms with E-state index < -0.39 is 0 Å². The standard InChI is InChI=1S/C18H24N4O3/c1-19-18(22-13-14-8-9-20-17(12-14)24-3)21-10-11-25-16-6-4-15(23-2)5-7-16/h4-9,12H,10-11,13H2,1-3H3,(H2,19,21,22). The molecule has 0 aliphatic heterocycles. The van der Waals surface area contributed by atoms with Gasteiger partial charge in [-0.1, -0.05) is 0 Å². The van der Waals surface area contributed by atoms with Gasteiger partial charge in [0, 0.05) is 25.9 Å². The smallest absolute Gasteiger partial charge is 0.213 e. The zero-order chi connectivity index (χ0) is 17.9. The number of guanidine groups is 1. The molecule has 25 heavy (non-hydrogen) atoms. The molecule has 2 aromatic rings. The minimum Gasteiger partial charge on any atom is -0.497 e. The van der Waals surface area contributed by atoms with Crippen molar-refractivity contribution in [2.75, 3.05) is 34.4 Å². The number of pyridine rings is 1. The molecule has 0 saturated heterocycles. The van der Waals surface area contributed by atoms with Crippen LogP contribution in [0.2, 0.25) is 0 Å². The topological polar surface area (TPSA) is 77.0 Å². The third-order valence-electron chi connectivity index (χ3n) is 3.41. The number of methoxy groups -OCH3 is 2. The molecule has 0 radical (unpaired) electrons. The number of hydrogen-bond donors (Lipinski definition) is 2. The van der Waals surface area contributed by atoms with E-state index in [2.05, 4.69) is 20.6 Å². The minimum atomic E-state index is 0.524. The van der Waals surface area contributed by atoms with Crippen molar-refractivity contribution in [3.8, 4) is 17.4 Å². The molecule has 0 amide bonds. The Labute approximate surface area is 148 Å². The highest BCUT2D eigenvalue weighted by atomic mass is 16.5. The molecule has 1 aromatic heterocycles. The average Bonchev–Trinajstić information content (AvgIpc) is 2.68. The van der Waals surface area contributed by atoms with Crippen LogP contribution in [-0.2, 0) is 6.54 Å². The third kappa shape index (κ3) is 6.21. The van der Waals surface area contributed by atoms with Crippen molar-refractivity contribution in [2.24, 2.45) is 4.99 Å². The van der Waals surface area contributed by atoms with Gasteiger partial charge in [-0.3, -0.25) is 4.99 Å². The number of nitrogens with zero attached hydrogens (tertiary/aromatic N) is 2. The van der Waals surface area contributed by atoms with Gasteiger partial charge in [-0.2, -0.15) is 0 Å². The van der Waals surface area contributed by atoms with E-state index in [1.807, 2.05) is 36.4 Å². The Hall–Kier alpha value is -2.96. The summed E-state index contributed by atoms with van der Waals surface area (Å²) in [6, 6.07) is 11.3. The molecule has 2 N–H and O–H groups in total. The van der Waals surface area contributed by atoms with Crippen molar-refractivity contribution in [2.45, 2.75) is 6.54 Å². The van der Waals surface area contributed by atoms with Gasteiger partial charge < -0.3 is 24.8 Å². The van der Waals surface area contributed by atoms with Gasteiger partial charge in [0.1, 0.15) is 18.1 Å². The second-order valence-corrected chi connectivity index (χ2v) is 5.08. The lowest BCUT2D eigenvalue weighted by Gasteiger charge is -2.13. The van der Waals surface area contributed by atoms with Gasteiger partial charge >= 0.3 is 0 Å². The third-order valence-corrected chi connectivity index (χ3v) is 3.41. The summed E-state index contributed by atoms with van der Waals surface area (Å²) in [6.45, 7) is 1.78. The second kappa shape index (κ2) is 10.0. The molecule has 7 nitrogen and oxygen atoms in total. The predicted octanol–water partition coefficient (Wildman–Crippen LogP) is 1.84. The van der Waals surface area contributed by atoms with Crippen LogP contribution in [0.3, 0.4) is 0 Å². The molecule has 1 heterocycles. The Morgan fingerprint density at radius 1 is 1.04 bits per heavy atom. The Bertz CT molecular complexity index is 674. The van der Waals surface area contributed by atoms with E-state index in [1.54, 1.807) is 27.5 Å².